The van der Waals surface area contributed by atoms with Crippen LogP contribution in [-0.4, -0.2) is 5.78 Å². The van der Waals surface area contributed by atoms with E-state index in [0.29, 0.717) is 12.8 Å². The zero-order chi connectivity index (χ0) is 13.3. The summed E-state index contributed by atoms with van der Waals surface area (Å²) in [6, 6.07) is 0. The molecule has 11 heavy (non-hydrogen) atoms. The van der Waals surface area contributed by atoms with Gasteiger partial charge >= 0.3 is 0 Å². The monoisotopic (exact) mass is 158 g/mol. The van der Waals surface area contributed by atoms with Crippen LogP contribution in [0.15, 0.2) is 0 Å². The molecule has 2 bridgehead atoms. The first-order valence-electron chi connectivity index (χ1n) is 7.02. The van der Waals surface area contributed by atoms with Crippen LogP contribution in [-0.2, 0) is 4.79 Å². The minimum Gasteiger partial charge on any atom is -0.299 e. The van der Waals surface area contributed by atoms with E-state index in [1.165, 1.54) is 6.92 Å². The largest absolute Gasteiger partial charge is 0.299 e. The van der Waals surface area contributed by atoms with Crippen LogP contribution < -0.4 is 0 Å². The van der Waals surface area contributed by atoms with Crippen LogP contribution in [0.5, 0.6) is 0 Å². The Labute approximate surface area is 76.6 Å². The third-order valence-corrected chi connectivity index (χ3v) is 3.52. The first kappa shape index (κ1) is 3.20. The van der Waals surface area contributed by atoms with Gasteiger partial charge in [-0.2, -0.15) is 0 Å². The summed E-state index contributed by atoms with van der Waals surface area (Å²) in [6.45, 7) is -3.72. The number of fused-ring (bicyclic) bond motifs is 2. The predicted octanol–water partition coefficient (Wildman–Crippen LogP) is 2.40. The number of Topliss-reactive ketones (excluding diaryl/α,β-unsaturated/α-hetero) is 1. The normalized spacial score (nSPS) is 57.2. The molecular formula is C10H16O. The molecule has 0 aromatic heterocycles. The fourth-order valence-corrected chi connectivity index (χ4v) is 2.39. The SMILES string of the molecule is [2H]C([2H])([2H])C1(C([2H])([2H])[2H])[C@H]2CC[C@]1(C)C(=O)C2. The van der Waals surface area contributed by atoms with Gasteiger partial charge in [-0.15, -0.1) is 0 Å². The molecule has 0 aliphatic heterocycles. The average molecular weight is 158 g/mol. The molecule has 0 N–H and O–H groups in total. The Balaban J connectivity index is 2.70. The highest BCUT2D eigenvalue weighted by Gasteiger charge is 2.61. The summed E-state index contributed by atoms with van der Waals surface area (Å²) >= 11 is 0. The Hall–Kier alpha value is -0.330. The molecule has 2 rings (SSSR count). The quantitative estimate of drug-likeness (QED) is 0.529. The minimum atomic E-state index is -2.62. The van der Waals surface area contributed by atoms with Gasteiger partial charge in [0.25, 0.3) is 0 Å². The van der Waals surface area contributed by atoms with Crippen LogP contribution >= 0.6 is 0 Å². The predicted molar refractivity (Wildman–Crippen MR) is 44.2 cm³/mol. The Morgan fingerprint density at radius 3 is 2.64 bits per heavy atom. The number of hydrogen-bond acceptors (Lipinski definition) is 1. The van der Waals surface area contributed by atoms with Crippen molar-refractivity contribution in [1.82, 2.24) is 0 Å². The zero-order valence-electron chi connectivity index (χ0n) is 12.6. The Morgan fingerprint density at radius 2 is 2.36 bits per heavy atom. The third kappa shape index (κ3) is 0.605. The van der Waals surface area contributed by atoms with Crippen LogP contribution in [0.4, 0.5) is 0 Å². The Kier molecular flexibility index (Phi) is 0.494. The average Bonchev–Trinajstić information content (AvgIpc) is 2.48. The van der Waals surface area contributed by atoms with Crippen LogP contribution in [0.2, 0.25) is 0 Å². The second-order valence-electron chi connectivity index (χ2n) is 4.00. The number of hydrogen-bond donors (Lipinski definition) is 0. The molecule has 1 heteroatoms. The Morgan fingerprint density at radius 1 is 1.64 bits per heavy atom. The van der Waals surface area contributed by atoms with Crippen LogP contribution in [0, 0.1) is 16.7 Å². The van der Waals surface area contributed by atoms with Crippen molar-refractivity contribution in [2.24, 2.45) is 16.7 Å². The molecule has 2 aliphatic rings. The molecule has 2 atom stereocenters. The number of rotatable bonds is 0. The standard InChI is InChI=1S/C10H16O/c1-9(2)7-4-5-10(9,3)8(11)6-7/h7H,4-6H2,1-3H3/t7-,10+/m0/s1/i1D3,2D3. The molecule has 0 radical (unpaired) electrons. The number of ketones is 1. The molecule has 0 unspecified atom stereocenters. The van der Waals surface area contributed by atoms with Gasteiger partial charge in [-0.3, -0.25) is 4.79 Å². The Bertz CT molecular complexity index is 354. The molecule has 1 nitrogen and oxygen atoms in total. The van der Waals surface area contributed by atoms with E-state index >= 15 is 0 Å². The molecule has 0 aromatic rings. The van der Waals surface area contributed by atoms with Gasteiger partial charge in [0.15, 0.2) is 0 Å². The van der Waals surface area contributed by atoms with E-state index in [9.17, 15) is 4.79 Å². The highest BCUT2D eigenvalue weighted by Crippen LogP contribution is 2.63. The molecule has 0 amide bonds. The molecule has 62 valence electrons. The highest BCUT2D eigenvalue weighted by atomic mass is 16.1. The lowest BCUT2D eigenvalue weighted by Crippen LogP contribution is -2.32. The lowest BCUT2D eigenvalue weighted by Gasteiger charge is -2.32. The smallest absolute Gasteiger partial charge is 0.139 e. The zero-order valence-corrected chi connectivity index (χ0v) is 6.61. The maximum absolute atomic E-state index is 12.0. The first-order chi connectivity index (χ1) is 7.48. The van der Waals surface area contributed by atoms with Crippen molar-refractivity contribution >= 4 is 5.78 Å². The van der Waals surface area contributed by atoms with Crippen molar-refractivity contribution in [3.8, 4) is 0 Å². The summed E-state index contributed by atoms with van der Waals surface area (Å²) in [7, 11) is 0. The van der Waals surface area contributed by atoms with Crippen molar-refractivity contribution in [1.29, 1.82) is 0 Å². The van der Waals surface area contributed by atoms with E-state index in [0.717, 1.165) is 0 Å². The van der Waals surface area contributed by atoms with Crippen molar-refractivity contribution < 1.29 is 13.0 Å². The van der Waals surface area contributed by atoms with Gasteiger partial charge < -0.3 is 0 Å². The molecule has 2 fully saturated rings. The summed E-state index contributed by atoms with van der Waals surface area (Å²) in [6.07, 6.45) is 1.01. The van der Waals surface area contributed by atoms with Gasteiger partial charge in [-0.25, -0.2) is 0 Å². The van der Waals surface area contributed by atoms with Gasteiger partial charge in [0.2, 0.25) is 0 Å². The molecule has 0 saturated heterocycles. The van der Waals surface area contributed by atoms with Gasteiger partial charge in [0.1, 0.15) is 5.78 Å². The van der Waals surface area contributed by atoms with E-state index in [4.69, 9.17) is 8.22 Å². The minimum absolute atomic E-state index is 0.104. The van der Waals surface area contributed by atoms with Crippen molar-refractivity contribution in [3.63, 3.8) is 0 Å². The van der Waals surface area contributed by atoms with E-state index < -0.39 is 30.5 Å². The number of carbonyl (C=O) groups excluding carboxylic acids is 1. The van der Waals surface area contributed by atoms with E-state index in [1.807, 2.05) is 0 Å². The number of carbonyl (C=O) groups is 1. The fourth-order valence-electron chi connectivity index (χ4n) is 2.39. The maximum atomic E-state index is 12.0. The van der Waals surface area contributed by atoms with Crippen LogP contribution in [0.1, 0.15) is 48.1 Å². The first-order valence-corrected chi connectivity index (χ1v) is 4.02. The highest BCUT2D eigenvalue weighted by molar-refractivity contribution is 5.89. The molecule has 2 saturated carbocycles. The van der Waals surface area contributed by atoms with Crippen molar-refractivity contribution in [3.05, 3.63) is 0 Å². The lowest BCUT2D eigenvalue weighted by atomic mass is 9.70. The van der Waals surface area contributed by atoms with Gasteiger partial charge in [0, 0.05) is 20.1 Å². The van der Waals surface area contributed by atoms with Crippen LogP contribution in [0.25, 0.3) is 0 Å². The van der Waals surface area contributed by atoms with Gasteiger partial charge in [-0.05, 0) is 24.2 Å². The second kappa shape index (κ2) is 1.70. The summed E-state index contributed by atoms with van der Waals surface area (Å²) in [5.74, 6) is -0.721. The summed E-state index contributed by atoms with van der Waals surface area (Å²) in [5.41, 5.74) is -3.06. The summed E-state index contributed by atoms with van der Waals surface area (Å²) in [5, 5.41) is 0. The summed E-state index contributed by atoms with van der Waals surface area (Å²) in [4.78, 5) is 12.0. The summed E-state index contributed by atoms with van der Waals surface area (Å²) < 4.78 is 46.0. The molecule has 0 heterocycles. The maximum Gasteiger partial charge on any atom is 0.139 e. The fraction of sp³-hybridized carbons (Fsp3) is 0.900. The molecular weight excluding hydrogens is 136 g/mol. The van der Waals surface area contributed by atoms with Crippen molar-refractivity contribution in [2.45, 2.75) is 39.9 Å². The van der Waals surface area contributed by atoms with Gasteiger partial charge in [-0.1, -0.05) is 20.6 Å². The van der Waals surface area contributed by atoms with E-state index in [2.05, 4.69) is 0 Å². The lowest BCUT2D eigenvalue weighted by molar-refractivity contribution is -0.128. The molecule has 0 spiro atoms. The third-order valence-electron chi connectivity index (χ3n) is 3.52. The van der Waals surface area contributed by atoms with E-state index in [-0.39, 0.29) is 12.2 Å². The second-order valence-corrected chi connectivity index (χ2v) is 4.00. The topological polar surface area (TPSA) is 17.1 Å². The van der Waals surface area contributed by atoms with E-state index in [1.54, 1.807) is 0 Å². The molecule has 0 aromatic carbocycles. The molecule has 2 aliphatic carbocycles. The van der Waals surface area contributed by atoms with Crippen molar-refractivity contribution in [2.75, 3.05) is 0 Å². The van der Waals surface area contributed by atoms with Crippen LogP contribution in [0.3, 0.4) is 0 Å². The van der Waals surface area contributed by atoms with Gasteiger partial charge in [0.05, 0.1) is 0 Å².